The fraction of sp³-hybridized carbons (Fsp3) is 0.667. The molecule has 1 saturated carbocycles. The van der Waals surface area contributed by atoms with Crippen molar-refractivity contribution in [1.82, 2.24) is 0 Å². The molecule has 1 aliphatic carbocycles. The fourth-order valence-corrected chi connectivity index (χ4v) is 3.89. The minimum atomic E-state index is -0.550. The Morgan fingerprint density at radius 3 is 2.38 bits per heavy atom. The molecule has 1 aromatic carbocycles. The third kappa shape index (κ3) is 4.67. The largest absolute Gasteiger partial charge is 1.00 e. The van der Waals surface area contributed by atoms with E-state index in [0.717, 1.165) is 30.3 Å². The Bertz CT molecular complexity index is 429. The van der Waals surface area contributed by atoms with Crippen molar-refractivity contribution in [3.63, 3.8) is 0 Å². The zero-order valence-corrected chi connectivity index (χ0v) is 16.0. The Hall–Kier alpha value is -0.130. The van der Waals surface area contributed by atoms with Crippen molar-refractivity contribution < 1.29 is 33.6 Å². The monoisotopic (exact) mass is 403 g/mol. The molecule has 0 spiro atoms. The predicted molar refractivity (Wildman–Crippen MR) is 84.7 cm³/mol. The molecule has 3 unspecified atom stereocenters. The minimum absolute atomic E-state index is 0. The number of hydrogen-bond acceptors (Lipinski definition) is 1. The summed E-state index contributed by atoms with van der Waals surface area (Å²) in [4.78, 5) is 0. The van der Waals surface area contributed by atoms with Crippen LogP contribution in [0.25, 0.3) is 0 Å². The topological polar surface area (TPSA) is 20.2 Å². The van der Waals surface area contributed by atoms with Crippen LogP contribution in [0.15, 0.2) is 30.3 Å². The predicted octanol–water partition coefficient (Wildman–Crippen LogP) is 0.422. The summed E-state index contributed by atoms with van der Waals surface area (Å²) in [6.45, 7) is 3.24. The summed E-state index contributed by atoms with van der Waals surface area (Å²) in [5, 5.41) is 11.4. The van der Waals surface area contributed by atoms with Gasteiger partial charge in [0, 0.05) is 11.8 Å². The first-order valence-electron chi connectivity index (χ1n) is 7.91. The molecule has 0 radical (unpaired) electrons. The molecule has 1 aliphatic rings. The van der Waals surface area contributed by atoms with Crippen LogP contribution in [0.4, 0.5) is 0 Å². The van der Waals surface area contributed by atoms with Crippen LogP contribution in [0.5, 0.6) is 0 Å². The number of rotatable bonds is 4. The third-order valence-electron chi connectivity index (χ3n) is 4.80. The van der Waals surface area contributed by atoms with Gasteiger partial charge in [-0.2, -0.15) is 0 Å². The standard InChI is InChI=1S/C18H30NO.HI/c1-15(14-19(2,3)4)18(20)13-9-8-12-17(18)16-10-6-5-7-11-16;/h5-7,10-11,15,17,20H,8-9,12-14H2,1-4H3;1H/q+1;/p-1. The number of quaternary nitrogens is 1. The quantitative estimate of drug-likeness (QED) is 0.571. The average Bonchev–Trinajstić information content (AvgIpc) is 2.38. The number of nitrogens with zero attached hydrogens (tertiary/aromatic N) is 1. The van der Waals surface area contributed by atoms with Gasteiger partial charge in [-0.15, -0.1) is 0 Å². The van der Waals surface area contributed by atoms with Crippen LogP contribution in [0, 0.1) is 5.92 Å². The van der Waals surface area contributed by atoms with Gasteiger partial charge in [-0.05, 0) is 18.4 Å². The van der Waals surface area contributed by atoms with Gasteiger partial charge in [-0.25, -0.2) is 0 Å². The number of halogens is 1. The summed E-state index contributed by atoms with van der Waals surface area (Å²) in [7, 11) is 6.63. The number of aliphatic hydroxyl groups is 1. The third-order valence-corrected chi connectivity index (χ3v) is 4.80. The van der Waals surface area contributed by atoms with Gasteiger partial charge in [-0.1, -0.05) is 50.1 Å². The normalized spacial score (nSPS) is 27.8. The molecule has 2 rings (SSSR count). The Balaban J connectivity index is 0.00000220. The highest BCUT2D eigenvalue weighted by Gasteiger charge is 2.45. The van der Waals surface area contributed by atoms with E-state index in [1.807, 2.05) is 0 Å². The van der Waals surface area contributed by atoms with E-state index in [1.54, 1.807) is 0 Å². The second-order valence-electron chi connectivity index (χ2n) is 7.57. The summed E-state index contributed by atoms with van der Waals surface area (Å²) in [6.07, 6.45) is 4.44. The lowest BCUT2D eigenvalue weighted by Gasteiger charge is -2.46. The fourth-order valence-electron chi connectivity index (χ4n) is 3.89. The van der Waals surface area contributed by atoms with Crippen molar-refractivity contribution in [2.45, 2.75) is 44.1 Å². The SMILES string of the molecule is CC(C[N+](C)(C)C)C1(O)CCCCC1c1ccccc1.[I-]. The summed E-state index contributed by atoms with van der Waals surface area (Å²) in [5.74, 6) is 0.604. The molecular formula is C18H30INO. The second-order valence-corrected chi connectivity index (χ2v) is 7.57. The smallest absolute Gasteiger partial charge is 0.0834 e. The zero-order valence-electron chi connectivity index (χ0n) is 13.8. The van der Waals surface area contributed by atoms with Crippen LogP contribution >= 0.6 is 0 Å². The van der Waals surface area contributed by atoms with E-state index >= 15 is 0 Å². The van der Waals surface area contributed by atoms with E-state index in [2.05, 4.69) is 58.4 Å². The Morgan fingerprint density at radius 2 is 1.81 bits per heavy atom. The molecule has 120 valence electrons. The zero-order chi connectivity index (χ0) is 14.8. The molecule has 1 fully saturated rings. The molecule has 0 amide bonds. The van der Waals surface area contributed by atoms with E-state index < -0.39 is 5.60 Å². The van der Waals surface area contributed by atoms with Crippen LogP contribution in [0.3, 0.4) is 0 Å². The molecule has 0 aliphatic heterocycles. The first kappa shape index (κ1) is 18.9. The van der Waals surface area contributed by atoms with Gasteiger partial charge in [-0.3, -0.25) is 0 Å². The van der Waals surface area contributed by atoms with Crippen molar-refractivity contribution in [3.8, 4) is 0 Å². The van der Waals surface area contributed by atoms with Crippen molar-refractivity contribution in [2.75, 3.05) is 27.7 Å². The summed E-state index contributed by atoms with van der Waals surface area (Å²) in [6, 6.07) is 10.6. The number of benzene rings is 1. The van der Waals surface area contributed by atoms with Crippen LogP contribution < -0.4 is 24.0 Å². The van der Waals surface area contributed by atoms with Gasteiger partial charge in [0.05, 0.1) is 33.3 Å². The van der Waals surface area contributed by atoms with Crippen molar-refractivity contribution >= 4 is 0 Å². The van der Waals surface area contributed by atoms with E-state index in [9.17, 15) is 5.11 Å². The maximum Gasteiger partial charge on any atom is 0.0834 e. The maximum absolute atomic E-state index is 11.4. The second kappa shape index (κ2) is 7.42. The Kier molecular flexibility index (Phi) is 6.69. The first-order chi connectivity index (χ1) is 9.33. The lowest BCUT2D eigenvalue weighted by molar-refractivity contribution is -0.874. The van der Waals surface area contributed by atoms with Gasteiger partial charge < -0.3 is 33.6 Å². The average molecular weight is 403 g/mol. The van der Waals surface area contributed by atoms with Crippen LogP contribution in [-0.4, -0.2) is 42.9 Å². The molecule has 0 heterocycles. The van der Waals surface area contributed by atoms with E-state index in [-0.39, 0.29) is 24.0 Å². The summed E-state index contributed by atoms with van der Waals surface area (Å²) < 4.78 is 0.908. The summed E-state index contributed by atoms with van der Waals surface area (Å²) >= 11 is 0. The van der Waals surface area contributed by atoms with Crippen molar-refractivity contribution in [1.29, 1.82) is 0 Å². The maximum atomic E-state index is 11.4. The Labute approximate surface area is 147 Å². The first-order valence-corrected chi connectivity index (χ1v) is 7.91. The van der Waals surface area contributed by atoms with Crippen molar-refractivity contribution in [3.05, 3.63) is 35.9 Å². The molecule has 2 nitrogen and oxygen atoms in total. The molecule has 1 aromatic rings. The Morgan fingerprint density at radius 1 is 1.19 bits per heavy atom. The molecule has 0 bridgehead atoms. The molecule has 0 saturated heterocycles. The molecular weight excluding hydrogens is 373 g/mol. The molecule has 1 N–H and O–H groups in total. The lowest BCUT2D eigenvalue weighted by Crippen LogP contribution is -3.00. The van der Waals surface area contributed by atoms with Gasteiger partial charge in [0.1, 0.15) is 0 Å². The minimum Gasteiger partial charge on any atom is -1.00 e. The molecule has 3 heteroatoms. The van der Waals surface area contributed by atoms with Gasteiger partial charge >= 0.3 is 0 Å². The van der Waals surface area contributed by atoms with Gasteiger partial charge in [0.15, 0.2) is 0 Å². The van der Waals surface area contributed by atoms with Crippen LogP contribution in [-0.2, 0) is 0 Å². The molecule has 3 atom stereocenters. The van der Waals surface area contributed by atoms with Crippen molar-refractivity contribution in [2.24, 2.45) is 5.92 Å². The van der Waals surface area contributed by atoms with Crippen LogP contribution in [0.1, 0.15) is 44.1 Å². The molecule has 0 aromatic heterocycles. The van der Waals surface area contributed by atoms with E-state index in [0.29, 0.717) is 11.8 Å². The van der Waals surface area contributed by atoms with E-state index in [4.69, 9.17) is 0 Å². The van der Waals surface area contributed by atoms with E-state index in [1.165, 1.54) is 12.0 Å². The van der Waals surface area contributed by atoms with Gasteiger partial charge in [0.2, 0.25) is 0 Å². The molecule has 21 heavy (non-hydrogen) atoms. The summed E-state index contributed by atoms with van der Waals surface area (Å²) in [5.41, 5.74) is 0.758. The van der Waals surface area contributed by atoms with Gasteiger partial charge in [0.25, 0.3) is 0 Å². The number of hydrogen-bond donors (Lipinski definition) is 1. The van der Waals surface area contributed by atoms with Crippen LogP contribution in [0.2, 0.25) is 0 Å². The highest BCUT2D eigenvalue weighted by molar-refractivity contribution is 5.24. The lowest BCUT2D eigenvalue weighted by atomic mass is 9.66. The highest BCUT2D eigenvalue weighted by Crippen LogP contribution is 2.45. The highest BCUT2D eigenvalue weighted by atomic mass is 127.